The molecule has 0 aromatic heterocycles. The predicted octanol–water partition coefficient (Wildman–Crippen LogP) is 2.37. The maximum absolute atomic E-state index is 2.39. The van der Waals surface area contributed by atoms with Crippen LogP contribution in [0.15, 0.2) is 0 Å². The summed E-state index contributed by atoms with van der Waals surface area (Å²) in [5, 5.41) is 0. The molecule has 0 saturated heterocycles. The monoisotopic (exact) mass is 143 g/mol. The van der Waals surface area contributed by atoms with E-state index in [1.54, 1.807) is 0 Å². The average molecular weight is 143 g/mol. The smallest absolute Gasteiger partial charge is 0.00662 e. The highest BCUT2D eigenvalue weighted by Gasteiger charge is 2.07. The van der Waals surface area contributed by atoms with E-state index in [0.717, 1.165) is 18.5 Å². The van der Waals surface area contributed by atoms with Crippen LogP contribution < -0.4 is 0 Å². The molecule has 0 N–H and O–H groups in total. The van der Waals surface area contributed by atoms with Crippen molar-refractivity contribution in [2.24, 2.45) is 5.92 Å². The zero-order valence-corrected chi connectivity index (χ0v) is 8.02. The molecule has 0 aliphatic carbocycles. The lowest BCUT2D eigenvalue weighted by Crippen LogP contribution is -2.29. The van der Waals surface area contributed by atoms with Gasteiger partial charge in [-0.1, -0.05) is 20.8 Å². The molecule has 10 heavy (non-hydrogen) atoms. The topological polar surface area (TPSA) is 3.24 Å². The Bertz CT molecular complexity index is 78.8. The van der Waals surface area contributed by atoms with Crippen molar-refractivity contribution >= 4 is 0 Å². The summed E-state index contributed by atoms with van der Waals surface area (Å²) in [6.07, 6.45) is 1.31. The van der Waals surface area contributed by atoms with Crippen molar-refractivity contribution < 1.29 is 0 Å². The van der Waals surface area contributed by atoms with E-state index in [0.29, 0.717) is 0 Å². The second-order valence-electron chi connectivity index (χ2n) is 3.55. The van der Waals surface area contributed by atoms with Gasteiger partial charge in [0.05, 0.1) is 0 Å². The fourth-order valence-corrected chi connectivity index (χ4v) is 1.17. The molecule has 1 atom stereocenters. The molecule has 0 rings (SSSR count). The van der Waals surface area contributed by atoms with Crippen molar-refractivity contribution in [1.82, 2.24) is 4.90 Å². The number of rotatable bonds is 4. The van der Waals surface area contributed by atoms with Crippen LogP contribution in [0.5, 0.6) is 0 Å². The van der Waals surface area contributed by atoms with Crippen LogP contribution in [0.25, 0.3) is 0 Å². The highest BCUT2D eigenvalue weighted by molar-refractivity contribution is 4.63. The van der Waals surface area contributed by atoms with Gasteiger partial charge in [0.2, 0.25) is 0 Å². The standard InChI is InChI=1S/C9H21N/c1-6-10(5)9(4)7-8(2)3/h8-9H,6-7H2,1-5H3. The zero-order chi connectivity index (χ0) is 8.15. The molecule has 0 spiro atoms. The van der Waals surface area contributed by atoms with Crippen LogP contribution in [-0.2, 0) is 0 Å². The molecule has 0 bridgehead atoms. The van der Waals surface area contributed by atoms with Gasteiger partial charge in [-0.25, -0.2) is 0 Å². The van der Waals surface area contributed by atoms with Crippen LogP contribution in [0.3, 0.4) is 0 Å². The van der Waals surface area contributed by atoms with Crippen LogP contribution in [-0.4, -0.2) is 24.5 Å². The number of hydrogen-bond acceptors (Lipinski definition) is 1. The second-order valence-corrected chi connectivity index (χ2v) is 3.55. The molecule has 1 nitrogen and oxygen atoms in total. The Morgan fingerprint density at radius 3 is 2.00 bits per heavy atom. The first-order valence-electron chi connectivity index (χ1n) is 4.28. The Hall–Kier alpha value is -0.0400. The van der Waals surface area contributed by atoms with E-state index < -0.39 is 0 Å². The molecule has 0 aromatic rings. The Morgan fingerprint density at radius 2 is 1.70 bits per heavy atom. The van der Waals surface area contributed by atoms with E-state index in [4.69, 9.17) is 0 Å². The van der Waals surface area contributed by atoms with Crippen LogP contribution in [0, 0.1) is 5.92 Å². The summed E-state index contributed by atoms with van der Waals surface area (Å²) >= 11 is 0. The van der Waals surface area contributed by atoms with Crippen molar-refractivity contribution in [2.75, 3.05) is 13.6 Å². The lowest BCUT2D eigenvalue weighted by molar-refractivity contribution is 0.239. The van der Waals surface area contributed by atoms with E-state index in [1.807, 2.05) is 0 Å². The average Bonchev–Trinajstić information content (AvgIpc) is 1.85. The van der Waals surface area contributed by atoms with Gasteiger partial charge >= 0.3 is 0 Å². The van der Waals surface area contributed by atoms with E-state index in [9.17, 15) is 0 Å². The third-order valence-electron chi connectivity index (χ3n) is 2.06. The molecule has 0 heterocycles. The molecule has 0 aromatic carbocycles. The van der Waals surface area contributed by atoms with Gasteiger partial charge in [0.25, 0.3) is 0 Å². The largest absolute Gasteiger partial charge is 0.304 e. The van der Waals surface area contributed by atoms with Gasteiger partial charge < -0.3 is 4.90 Å². The van der Waals surface area contributed by atoms with Crippen LogP contribution in [0.4, 0.5) is 0 Å². The van der Waals surface area contributed by atoms with Gasteiger partial charge in [-0.15, -0.1) is 0 Å². The highest BCUT2D eigenvalue weighted by Crippen LogP contribution is 2.08. The fraction of sp³-hybridized carbons (Fsp3) is 1.00. The Labute approximate surface area is 65.4 Å². The number of hydrogen-bond donors (Lipinski definition) is 0. The molecule has 0 radical (unpaired) electrons. The van der Waals surface area contributed by atoms with Gasteiger partial charge in [-0.3, -0.25) is 0 Å². The fourth-order valence-electron chi connectivity index (χ4n) is 1.17. The minimum atomic E-state index is 0.741. The molecular weight excluding hydrogens is 122 g/mol. The maximum Gasteiger partial charge on any atom is 0.00662 e. The summed E-state index contributed by atoms with van der Waals surface area (Å²) in [5.74, 6) is 0.823. The quantitative estimate of drug-likeness (QED) is 0.584. The van der Waals surface area contributed by atoms with Crippen molar-refractivity contribution in [2.45, 2.75) is 40.2 Å². The molecule has 0 aliphatic rings. The summed E-state index contributed by atoms with van der Waals surface area (Å²) in [7, 11) is 2.19. The highest BCUT2D eigenvalue weighted by atomic mass is 15.1. The normalized spacial score (nSPS) is 14.7. The maximum atomic E-state index is 2.39. The summed E-state index contributed by atoms with van der Waals surface area (Å²) < 4.78 is 0. The molecule has 0 fully saturated rings. The second kappa shape index (κ2) is 4.73. The first-order chi connectivity index (χ1) is 4.57. The van der Waals surface area contributed by atoms with E-state index in [-0.39, 0.29) is 0 Å². The third-order valence-corrected chi connectivity index (χ3v) is 2.06. The van der Waals surface area contributed by atoms with Crippen molar-refractivity contribution in [1.29, 1.82) is 0 Å². The number of nitrogens with zero attached hydrogens (tertiary/aromatic N) is 1. The van der Waals surface area contributed by atoms with Crippen LogP contribution in [0.2, 0.25) is 0 Å². The molecule has 1 heteroatoms. The van der Waals surface area contributed by atoms with Crippen LogP contribution >= 0.6 is 0 Å². The first kappa shape index (κ1) is 9.96. The summed E-state index contributed by atoms with van der Waals surface area (Å²) in [6, 6.07) is 0.741. The SMILES string of the molecule is CCN(C)C(C)CC(C)C. The Morgan fingerprint density at radius 1 is 1.20 bits per heavy atom. The van der Waals surface area contributed by atoms with E-state index in [1.165, 1.54) is 6.42 Å². The zero-order valence-electron chi connectivity index (χ0n) is 8.02. The lowest BCUT2D eigenvalue weighted by Gasteiger charge is -2.24. The Kier molecular flexibility index (Phi) is 4.71. The Balaban J connectivity index is 3.50. The molecule has 1 unspecified atom stereocenters. The summed E-state index contributed by atoms with van der Waals surface area (Å²) in [4.78, 5) is 2.39. The van der Waals surface area contributed by atoms with E-state index >= 15 is 0 Å². The predicted molar refractivity (Wildman–Crippen MR) is 47.2 cm³/mol. The van der Waals surface area contributed by atoms with Crippen molar-refractivity contribution in [3.05, 3.63) is 0 Å². The van der Waals surface area contributed by atoms with Crippen molar-refractivity contribution in [3.8, 4) is 0 Å². The van der Waals surface area contributed by atoms with Gasteiger partial charge in [-0.05, 0) is 32.9 Å². The van der Waals surface area contributed by atoms with Gasteiger partial charge in [0.1, 0.15) is 0 Å². The minimum absolute atomic E-state index is 0.741. The molecular formula is C9H21N. The van der Waals surface area contributed by atoms with Gasteiger partial charge in [0, 0.05) is 6.04 Å². The van der Waals surface area contributed by atoms with Crippen molar-refractivity contribution in [3.63, 3.8) is 0 Å². The first-order valence-corrected chi connectivity index (χ1v) is 4.28. The van der Waals surface area contributed by atoms with E-state index in [2.05, 4.69) is 39.6 Å². The van der Waals surface area contributed by atoms with Gasteiger partial charge in [0.15, 0.2) is 0 Å². The summed E-state index contributed by atoms with van der Waals surface area (Å²) in [5.41, 5.74) is 0. The third kappa shape index (κ3) is 3.89. The van der Waals surface area contributed by atoms with Crippen LogP contribution in [0.1, 0.15) is 34.1 Å². The molecule has 0 amide bonds. The minimum Gasteiger partial charge on any atom is -0.304 e. The molecule has 0 saturated carbocycles. The molecule has 0 aliphatic heterocycles. The molecule has 62 valence electrons. The lowest BCUT2D eigenvalue weighted by atomic mass is 10.0. The van der Waals surface area contributed by atoms with Gasteiger partial charge in [-0.2, -0.15) is 0 Å². The summed E-state index contributed by atoms with van der Waals surface area (Å²) in [6.45, 7) is 10.2.